The lowest BCUT2D eigenvalue weighted by Gasteiger charge is -2.33. The topological polar surface area (TPSA) is 49.4 Å². The van der Waals surface area contributed by atoms with Gasteiger partial charge in [0.25, 0.3) is 0 Å². The molecule has 2 rings (SSSR count). The van der Waals surface area contributed by atoms with Crippen LogP contribution in [0.1, 0.15) is 51.2 Å². The number of carbonyl (C=O) groups excluding carboxylic acids is 2. The van der Waals surface area contributed by atoms with Gasteiger partial charge in [0.1, 0.15) is 0 Å². The molecule has 1 N–H and O–H groups in total. The Bertz CT molecular complexity index is 564. The van der Waals surface area contributed by atoms with Gasteiger partial charge in [0.05, 0.1) is 6.42 Å². The zero-order valence-corrected chi connectivity index (χ0v) is 15.4. The molecule has 0 atom stereocenters. The molecule has 4 nitrogen and oxygen atoms in total. The van der Waals surface area contributed by atoms with E-state index in [0.29, 0.717) is 12.8 Å². The van der Waals surface area contributed by atoms with Crippen molar-refractivity contribution in [3.05, 3.63) is 35.4 Å². The maximum atomic E-state index is 12.4. The molecule has 0 unspecified atom stereocenters. The van der Waals surface area contributed by atoms with Gasteiger partial charge in [-0.1, -0.05) is 50.6 Å². The van der Waals surface area contributed by atoms with Crippen LogP contribution in [0.2, 0.25) is 0 Å². The van der Waals surface area contributed by atoms with E-state index in [1.165, 1.54) is 5.56 Å². The van der Waals surface area contributed by atoms with E-state index >= 15 is 0 Å². The van der Waals surface area contributed by atoms with E-state index < -0.39 is 0 Å². The molecule has 1 aromatic carbocycles. The minimum absolute atomic E-state index is 0.00872. The van der Waals surface area contributed by atoms with Crippen LogP contribution in [0.4, 0.5) is 0 Å². The van der Waals surface area contributed by atoms with Gasteiger partial charge in [-0.3, -0.25) is 9.59 Å². The monoisotopic (exact) mass is 330 g/mol. The van der Waals surface area contributed by atoms with Gasteiger partial charge in [-0.25, -0.2) is 0 Å². The second-order valence-electron chi connectivity index (χ2n) is 8.12. The van der Waals surface area contributed by atoms with Crippen LogP contribution in [0.3, 0.4) is 0 Å². The average molecular weight is 330 g/mol. The second kappa shape index (κ2) is 7.82. The molecule has 0 saturated carbocycles. The number of likely N-dealkylation sites (tertiary alicyclic amines) is 1. The maximum Gasteiger partial charge on any atom is 0.226 e. The summed E-state index contributed by atoms with van der Waals surface area (Å²) in [5.41, 5.74) is 2.28. The Morgan fingerprint density at radius 1 is 1.12 bits per heavy atom. The highest BCUT2D eigenvalue weighted by molar-refractivity contribution is 5.79. The summed E-state index contributed by atoms with van der Waals surface area (Å²) in [5, 5.41) is 3.11. The van der Waals surface area contributed by atoms with Crippen LogP contribution in [0, 0.1) is 12.3 Å². The first-order chi connectivity index (χ1) is 11.2. The van der Waals surface area contributed by atoms with Gasteiger partial charge in [-0.05, 0) is 30.7 Å². The van der Waals surface area contributed by atoms with E-state index in [2.05, 4.69) is 26.1 Å². The molecule has 1 fully saturated rings. The third-order valence-corrected chi connectivity index (χ3v) is 4.38. The molecule has 1 saturated heterocycles. The van der Waals surface area contributed by atoms with Crippen molar-refractivity contribution in [2.75, 3.05) is 13.1 Å². The van der Waals surface area contributed by atoms with Gasteiger partial charge in [-0.2, -0.15) is 0 Å². The summed E-state index contributed by atoms with van der Waals surface area (Å²) in [6, 6.07) is 8.32. The molecule has 0 radical (unpaired) electrons. The summed E-state index contributed by atoms with van der Waals surface area (Å²) in [7, 11) is 0. The van der Waals surface area contributed by atoms with Crippen LogP contribution in [-0.4, -0.2) is 35.8 Å². The molecule has 2 amide bonds. The van der Waals surface area contributed by atoms with Gasteiger partial charge < -0.3 is 10.2 Å². The summed E-state index contributed by atoms with van der Waals surface area (Å²) < 4.78 is 0. The van der Waals surface area contributed by atoms with Crippen molar-refractivity contribution in [3.63, 3.8) is 0 Å². The van der Waals surface area contributed by atoms with E-state index in [9.17, 15) is 9.59 Å². The molecule has 0 aliphatic carbocycles. The highest BCUT2D eigenvalue weighted by Gasteiger charge is 2.25. The largest absolute Gasteiger partial charge is 0.353 e. The van der Waals surface area contributed by atoms with Gasteiger partial charge in [0, 0.05) is 25.6 Å². The number of rotatable bonds is 4. The maximum absolute atomic E-state index is 12.4. The van der Waals surface area contributed by atoms with Gasteiger partial charge in [0.2, 0.25) is 11.8 Å². The van der Waals surface area contributed by atoms with Crippen LogP contribution in [-0.2, 0) is 16.0 Å². The zero-order valence-electron chi connectivity index (χ0n) is 15.4. The van der Waals surface area contributed by atoms with Crippen LogP contribution in [0.5, 0.6) is 0 Å². The minimum Gasteiger partial charge on any atom is -0.353 e. The molecule has 24 heavy (non-hydrogen) atoms. The zero-order chi connectivity index (χ0) is 17.7. The highest BCUT2D eigenvalue weighted by Crippen LogP contribution is 2.19. The fourth-order valence-electron chi connectivity index (χ4n) is 3.03. The van der Waals surface area contributed by atoms with Crippen molar-refractivity contribution in [3.8, 4) is 0 Å². The molecule has 0 bridgehead atoms. The Kier molecular flexibility index (Phi) is 6.03. The molecule has 1 heterocycles. The standard InChI is InChI=1S/C20H30N2O2/c1-15-5-7-16(8-6-15)13-19(24)22-11-9-17(10-12-22)21-18(23)14-20(2,3)4/h5-8,17H,9-14H2,1-4H3,(H,21,23). The lowest BCUT2D eigenvalue weighted by atomic mass is 9.91. The van der Waals surface area contributed by atoms with Crippen molar-refractivity contribution in [1.82, 2.24) is 10.2 Å². The normalized spacial score (nSPS) is 16.1. The van der Waals surface area contributed by atoms with Crippen molar-refractivity contribution in [2.24, 2.45) is 5.41 Å². The highest BCUT2D eigenvalue weighted by atomic mass is 16.2. The van der Waals surface area contributed by atoms with Crippen LogP contribution < -0.4 is 5.32 Å². The Hall–Kier alpha value is -1.84. The van der Waals surface area contributed by atoms with Crippen LogP contribution in [0.25, 0.3) is 0 Å². The van der Waals surface area contributed by atoms with Crippen molar-refractivity contribution in [2.45, 2.75) is 59.4 Å². The van der Waals surface area contributed by atoms with E-state index in [-0.39, 0.29) is 23.3 Å². The molecule has 1 aliphatic heterocycles. The number of benzene rings is 1. The van der Waals surface area contributed by atoms with Crippen molar-refractivity contribution < 1.29 is 9.59 Å². The number of hydrogen-bond acceptors (Lipinski definition) is 2. The molecule has 132 valence electrons. The van der Waals surface area contributed by atoms with Crippen LogP contribution >= 0.6 is 0 Å². The first-order valence-electron chi connectivity index (χ1n) is 8.86. The molecule has 0 spiro atoms. The van der Waals surface area contributed by atoms with E-state index in [1.54, 1.807) is 0 Å². The molecule has 4 heteroatoms. The van der Waals surface area contributed by atoms with Gasteiger partial charge in [-0.15, -0.1) is 0 Å². The SMILES string of the molecule is Cc1ccc(CC(=O)N2CCC(NC(=O)CC(C)(C)C)CC2)cc1. The number of amides is 2. The number of hydrogen-bond donors (Lipinski definition) is 1. The Morgan fingerprint density at radius 2 is 1.71 bits per heavy atom. The van der Waals surface area contributed by atoms with E-state index in [1.807, 2.05) is 36.1 Å². The number of carbonyl (C=O) groups is 2. The molecular weight excluding hydrogens is 300 g/mol. The van der Waals surface area contributed by atoms with E-state index in [4.69, 9.17) is 0 Å². The van der Waals surface area contributed by atoms with Crippen molar-refractivity contribution in [1.29, 1.82) is 0 Å². The quantitative estimate of drug-likeness (QED) is 0.922. The first-order valence-corrected chi connectivity index (χ1v) is 8.86. The lowest BCUT2D eigenvalue weighted by molar-refractivity contribution is -0.131. The number of aryl methyl sites for hydroxylation is 1. The second-order valence-corrected chi connectivity index (χ2v) is 8.12. The average Bonchev–Trinajstić information content (AvgIpc) is 2.48. The smallest absolute Gasteiger partial charge is 0.226 e. The summed E-state index contributed by atoms with van der Waals surface area (Å²) in [6.07, 6.45) is 2.69. The number of nitrogens with one attached hydrogen (secondary N) is 1. The fourth-order valence-corrected chi connectivity index (χ4v) is 3.03. The van der Waals surface area contributed by atoms with E-state index in [0.717, 1.165) is 31.5 Å². The first kappa shape index (κ1) is 18.5. The molecule has 0 aromatic heterocycles. The number of piperidine rings is 1. The molecule has 1 aromatic rings. The lowest BCUT2D eigenvalue weighted by Crippen LogP contribution is -2.47. The van der Waals surface area contributed by atoms with Crippen molar-refractivity contribution >= 4 is 11.8 Å². The number of nitrogens with zero attached hydrogens (tertiary/aromatic N) is 1. The summed E-state index contributed by atoms with van der Waals surface area (Å²) in [4.78, 5) is 26.3. The van der Waals surface area contributed by atoms with Gasteiger partial charge in [0.15, 0.2) is 0 Å². The minimum atomic E-state index is 0.00872. The summed E-state index contributed by atoms with van der Waals surface area (Å²) in [5.74, 6) is 0.297. The molecule has 1 aliphatic rings. The molecular formula is C20H30N2O2. The summed E-state index contributed by atoms with van der Waals surface area (Å²) >= 11 is 0. The Balaban J connectivity index is 1.76. The third-order valence-electron chi connectivity index (χ3n) is 4.38. The predicted octanol–water partition coefficient (Wildman–Crippen LogP) is 3.08. The third kappa shape index (κ3) is 5.99. The Morgan fingerprint density at radius 3 is 2.25 bits per heavy atom. The predicted molar refractivity (Wildman–Crippen MR) is 96.7 cm³/mol. The fraction of sp³-hybridized carbons (Fsp3) is 0.600. The summed E-state index contributed by atoms with van der Waals surface area (Å²) in [6.45, 7) is 9.71. The Labute approximate surface area is 145 Å². The van der Waals surface area contributed by atoms with Gasteiger partial charge >= 0.3 is 0 Å². The van der Waals surface area contributed by atoms with Crippen LogP contribution in [0.15, 0.2) is 24.3 Å².